The summed E-state index contributed by atoms with van der Waals surface area (Å²) in [6, 6.07) is 0.154. The first-order valence-corrected chi connectivity index (χ1v) is 18.2. The van der Waals surface area contributed by atoms with Gasteiger partial charge in [-0.05, 0) is 38.7 Å². The Kier molecular flexibility index (Phi) is 15.1. The molecule has 52 heavy (non-hydrogen) atoms. The molecule has 290 valence electrons. The lowest BCUT2D eigenvalue weighted by Gasteiger charge is -2.35. The number of Topliss-reactive ketones (excluding diaryl/α,β-unsaturated/α-hetero) is 1. The molecule has 17 heteroatoms. The molecule has 0 spiro atoms. The number of nitrogens with zero attached hydrogens (tertiary/aromatic N) is 1. The number of H-pyrrole nitrogens is 1. The molecule has 7 N–H and O–H groups in total. The van der Waals surface area contributed by atoms with Gasteiger partial charge in [0.05, 0.1) is 6.10 Å². The molecule has 2 saturated heterocycles. The minimum Gasteiger partial charge on any atom is -0.456 e. The lowest BCUT2D eigenvalue weighted by molar-refractivity contribution is -0.241. The molecule has 1 aromatic rings. The summed E-state index contributed by atoms with van der Waals surface area (Å²) in [6.07, 6.45) is 0.353. The van der Waals surface area contributed by atoms with E-state index in [9.17, 15) is 39.0 Å². The highest BCUT2D eigenvalue weighted by atomic mass is 16.7. The van der Waals surface area contributed by atoms with E-state index in [0.29, 0.717) is 19.3 Å². The van der Waals surface area contributed by atoms with Gasteiger partial charge < -0.3 is 45.5 Å². The van der Waals surface area contributed by atoms with Gasteiger partial charge in [-0.2, -0.15) is 0 Å². The Hall–Kier alpha value is -3.90. The van der Waals surface area contributed by atoms with Gasteiger partial charge in [-0.15, -0.1) is 0 Å². The Morgan fingerprint density at radius 3 is 2.48 bits per heavy atom. The first kappa shape index (κ1) is 40.9. The molecule has 0 radical (unpaired) electrons. The number of rotatable bonds is 18. The van der Waals surface area contributed by atoms with Crippen molar-refractivity contribution in [3.63, 3.8) is 0 Å². The summed E-state index contributed by atoms with van der Waals surface area (Å²) in [4.78, 5) is 78.9. The summed E-state index contributed by atoms with van der Waals surface area (Å²) in [7, 11) is 1.32. The number of carbonyl (C=O) groups is 4. The zero-order valence-electron chi connectivity index (χ0n) is 30.0. The number of primary amides is 1. The van der Waals surface area contributed by atoms with E-state index in [1.807, 2.05) is 6.92 Å². The summed E-state index contributed by atoms with van der Waals surface area (Å²) < 4.78 is 24.5. The average Bonchev–Trinajstić information content (AvgIpc) is 3.35. The van der Waals surface area contributed by atoms with Crippen LogP contribution in [0.15, 0.2) is 33.7 Å². The number of nitrogens with two attached hydrogens (primary N) is 1. The minimum atomic E-state index is -1.84. The van der Waals surface area contributed by atoms with Crippen molar-refractivity contribution in [1.82, 2.24) is 20.2 Å². The lowest BCUT2D eigenvalue weighted by atomic mass is 9.90. The maximum atomic E-state index is 13.3. The Bertz CT molecular complexity index is 1540. The monoisotopic (exact) mass is 735 g/mol. The molecule has 4 rings (SSSR count). The number of unbranched alkanes of at least 4 members (excludes halogenated alkanes) is 6. The number of methoxy groups -OCH3 is 1. The molecule has 1 unspecified atom stereocenters. The highest BCUT2D eigenvalue weighted by Crippen LogP contribution is 2.41. The molecule has 3 aliphatic heterocycles. The van der Waals surface area contributed by atoms with Crippen LogP contribution in [0.4, 0.5) is 0 Å². The Morgan fingerprint density at radius 2 is 1.81 bits per heavy atom. The van der Waals surface area contributed by atoms with Crippen molar-refractivity contribution in [1.29, 1.82) is 0 Å². The summed E-state index contributed by atoms with van der Waals surface area (Å²) in [5, 5.41) is 26.8. The van der Waals surface area contributed by atoms with Gasteiger partial charge >= 0.3 is 5.69 Å². The smallest absolute Gasteiger partial charge is 0.330 e. The molecule has 0 bridgehead atoms. The maximum absolute atomic E-state index is 13.3. The molecular weight excluding hydrogens is 682 g/mol. The van der Waals surface area contributed by atoms with Gasteiger partial charge in [0.25, 0.3) is 11.5 Å². The third kappa shape index (κ3) is 10.6. The summed E-state index contributed by atoms with van der Waals surface area (Å²) in [5.41, 5.74) is 4.28. The van der Waals surface area contributed by atoms with Crippen LogP contribution in [0, 0.1) is 5.92 Å². The van der Waals surface area contributed by atoms with E-state index in [2.05, 4.69) is 22.5 Å². The molecule has 17 nitrogen and oxygen atoms in total. The third-order valence-corrected chi connectivity index (χ3v) is 9.75. The van der Waals surface area contributed by atoms with Crippen LogP contribution in [0.5, 0.6) is 0 Å². The molecule has 3 aliphatic rings. The first-order chi connectivity index (χ1) is 24.8. The fourth-order valence-corrected chi connectivity index (χ4v) is 6.94. The normalized spacial score (nSPS) is 29.7. The standard InChI is InChI=1S/C35H53N5O12/c1-4-5-6-7-8-9-10-13-20(41)17-21-27(49-3)28(51-33(21)40-16-15-25(43)39-35(40)48)29(30(36)45)52-34-26(44)23(42)18-24(50-34)32(47)38-22-14-11-12-19(2)37-31(22)46/h15-16,18-19,21-23,26-29,33-34,42,44H,4-14,17H2,1-3H3,(H2,36,45)(H,37,46)(H,38,47)(H,39,43,48)/t19-,21-,22+,23+,26+,27+,28?,29-,33-,34-/m1/s1. The molecule has 4 heterocycles. The van der Waals surface area contributed by atoms with E-state index in [-0.39, 0.29) is 30.6 Å². The third-order valence-electron chi connectivity index (χ3n) is 9.75. The van der Waals surface area contributed by atoms with Crippen LogP contribution in [0.25, 0.3) is 0 Å². The van der Waals surface area contributed by atoms with Crippen LogP contribution in [0.2, 0.25) is 0 Å². The highest BCUT2D eigenvalue weighted by Gasteiger charge is 2.53. The van der Waals surface area contributed by atoms with Gasteiger partial charge in [0, 0.05) is 44.2 Å². The Balaban J connectivity index is 1.52. The van der Waals surface area contributed by atoms with Crippen molar-refractivity contribution < 1.29 is 48.3 Å². The molecule has 10 atom stereocenters. The second-order valence-corrected chi connectivity index (χ2v) is 13.8. The number of aliphatic hydroxyl groups is 2. The van der Waals surface area contributed by atoms with Crippen LogP contribution in [-0.4, -0.2) is 99.3 Å². The van der Waals surface area contributed by atoms with Gasteiger partial charge in [-0.3, -0.25) is 33.5 Å². The van der Waals surface area contributed by atoms with E-state index in [4.69, 9.17) is 24.7 Å². The molecule has 3 amide bonds. The van der Waals surface area contributed by atoms with Crippen molar-refractivity contribution in [2.45, 2.75) is 146 Å². The number of hydrogen-bond donors (Lipinski definition) is 6. The summed E-state index contributed by atoms with van der Waals surface area (Å²) in [6.45, 7) is 3.99. The lowest BCUT2D eigenvalue weighted by Crippen LogP contribution is -2.54. The summed E-state index contributed by atoms with van der Waals surface area (Å²) in [5.74, 6) is -3.82. The second-order valence-electron chi connectivity index (χ2n) is 13.8. The van der Waals surface area contributed by atoms with Gasteiger partial charge in [0.1, 0.15) is 36.4 Å². The maximum Gasteiger partial charge on any atom is 0.330 e. The summed E-state index contributed by atoms with van der Waals surface area (Å²) >= 11 is 0. The highest BCUT2D eigenvalue weighted by molar-refractivity contribution is 5.95. The van der Waals surface area contributed by atoms with Gasteiger partial charge in [0.15, 0.2) is 11.9 Å². The van der Waals surface area contributed by atoms with E-state index in [0.717, 1.165) is 55.2 Å². The van der Waals surface area contributed by atoms with Crippen LogP contribution in [0.3, 0.4) is 0 Å². The predicted molar refractivity (Wildman–Crippen MR) is 184 cm³/mol. The molecule has 0 aromatic carbocycles. The molecule has 2 fully saturated rings. The predicted octanol–water partition coefficient (Wildman–Crippen LogP) is 0.171. The number of ether oxygens (including phenoxy) is 4. The molecular formula is C35H53N5O12. The van der Waals surface area contributed by atoms with Crippen LogP contribution < -0.4 is 27.6 Å². The minimum absolute atomic E-state index is 0.0704. The van der Waals surface area contributed by atoms with Crippen LogP contribution in [-0.2, 0) is 38.1 Å². The number of carbonyl (C=O) groups excluding carboxylic acids is 4. The fourth-order valence-electron chi connectivity index (χ4n) is 6.94. The van der Waals surface area contributed by atoms with Gasteiger partial charge in [-0.25, -0.2) is 4.79 Å². The van der Waals surface area contributed by atoms with E-state index < -0.39 is 83.8 Å². The topological polar surface area (TPSA) is 251 Å². The Labute approximate surface area is 301 Å². The van der Waals surface area contributed by atoms with Crippen molar-refractivity contribution >= 4 is 23.5 Å². The number of aromatic amines is 1. The van der Waals surface area contributed by atoms with Crippen molar-refractivity contribution in [2.75, 3.05) is 7.11 Å². The van der Waals surface area contributed by atoms with Crippen molar-refractivity contribution in [3.8, 4) is 0 Å². The molecule has 0 aliphatic carbocycles. The largest absolute Gasteiger partial charge is 0.456 e. The number of aliphatic hydroxyl groups excluding tert-OH is 2. The van der Waals surface area contributed by atoms with Crippen molar-refractivity contribution in [3.05, 3.63) is 44.9 Å². The van der Waals surface area contributed by atoms with Gasteiger partial charge in [-0.1, -0.05) is 45.4 Å². The zero-order valence-corrected chi connectivity index (χ0v) is 30.0. The van der Waals surface area contributed by atoms with Crippen LogP contribution >= 0.6 is 0 Å². The van der Waals surface area contributed by atoms with E-state index in [1.165, 1.54) is 19.7 Å². The van der Waals surface area contributed by atoms with Crippen molar-refractivity contribution in [2.24, 2.45) is 11.7 Å². The van der Waals surface area contributed by atoms with Crippen LogP contribution in [0.1, 0.15) is 97.1 Å². The Morgan fingerprint density at radius 1 is 1.10 bits per heavy atom. The number of hydrogen-bond acceptors (Lipinski definition) is 12. The average molecular weight is 736 g/mol. The molecule has 1 aromatic heterocycles. The number of nitrogens with one attached hydrogen (secondary N) is 3. The quantitative estimate of drug-likeness (QED) is 0.110. The zero-order chi connectivity index (χ0) is 37.9. The number of aromatic nitrogens is 2. The van der Waals surface area contributed by atoms with Gasteiger partial charge in [0.2, 0.25) is 18.1 Å². The molecule has 0 saturated carbocycles. The number of ketones is 1. The SMILES string of the molecule is CCCCCCCCCC(=O)C[C@@H]1[C@H](OC)C([C@@H](O[C@H]2OC(C(=O)N[C@H]3CCC[C@@H](C)NC3=O)=C[C@H](O)[C@@H]2O)C(N)=O)O[C@H]1n1ccc(=O)[nH]c1=O. The number of amides is 3. The van der Waals surface area contributed by atoms with E-state index >= 15 is 0 Å². The second kappa shape index (κ2) is 19.3. The fraction of sp³-hybridized carbons (Fsp3) is 0.714. The van der Waals surface area contributed by atoms with E-state index in [1.54, 1.807) is 0 Å². The first-order valence-electron chi connectivity index (χ1n) is 18.2.